The minimum absolute atomic E-state index is 0.127. The van der Waals surface area contributed by atoms with Gasteiger partial charge in [-0.05, 0) is 36.1 Å². The van der Waals surface area contributed by atoms with Crippen LogP contribution in [-0.4, -0.2) is 10.9 Å². The highest BCUT2D eigenvalue weighted by atomic mass is 35.5. The van der Waals surface area contributed by atoms with Crippen molar-refractivity contribution in [2.75, 3.05) is 5.32 Å². The number of amides is 1. The Morgan fingerprint density at radius 2 is 2.21 bits per heavy atom. The highest BCUT2D eigenvalue weighted by Gasteiger charge is 2.12. The third kappa shape index (κ3) is 2.36. The van der Waals surface area contributed by atoms with Crippen molar-refractivity contribution >= 4 is 55.5 Å². The van der Waals surface area contributed by atoms with Gasteiger partial charge in [0, 0.05) is 5.02 Å². The second-order valence-electron chi connectivity index (χ2n) is 3.97. The number of aryl methyl sites for hydroxylation is 1. The molecule has 0 fully saturated rings. The van der Waals surface area contributed by atoms with Crippen LogP contribution in [0.15, 0.2) is 29.6 Å². The average Bonchev–Trinajstić information content (AvgIpc) is 3.02. The summed E-state index contributed by atoms with van der Waals surface area (Å²) in [6.45, 7) is 1.93. The predicted molar refractivity (Wildman–Crippen MR) is 81.6 cm³/mol. The molecule has 2 aromatic heterocycles. The molecule has 3 aromatic rings. The molecule has 0 radical (unpaired) electrons. The standard InChI is InChI=1S/C13H9ClN2OS2/c1-7-8(14)4-5-9-11(7)15-13(19-9)16-12(17)10-3-2-6-18-10/h2-6H,1H3,(H,15,16,17). The molecule has 0 aliphatic carbocycles. The number of benzene rings is 1. The zero-order valence-corrected chi connectivity index (χ0v) is 12.3. The van der Waals surface area contributed by atoms with Gasteiger partial charge >= 0.3 is 0 Å². The highest BCUT2D eigenvalue weighted by molar-refractivity contribution is 7.22. The summed E-state index contributed by atoms with van der Waals surface area (Å²) in [6.07, 6.45) is 0. The molecule has 0 saturated heterocycles. The van der Waals surface area contributed by atoms with Gasteiger partial charge < -0.3 is 0 Å². The summed E-state index contributed by atoms with van der Waals surface area (Å²) in [5.74, 6) is -0.127. The molecule has 0 spiro atoms. The van der Waals surface area contributed by atoms with Crippen molar-refractivity contribution in [2.24, 2.45) is 0 Å². The van der Waals surface area contributed by atoms with Crippen LogP contribution in [0.5, 0.6) is 0 Å². The molecule has 0 atom stereocenters. The van der Waals surface area contributed by atoms with Crippen LogP contribution in [0.2, 0.25) is 5.02 Å². The highest BCUT2D eigenvalue weighted by Crippen LogP contribution is 2.31. The average molecular weight is 309 g/mol. The molecule has 3 rings (SSSR count). The number of carbonyl (C=O) groups is 1. The summed E-state index contributed by atoms with van der Waals surface area (Å²) in [4.78, 5) is 17.0. The largest absolute Gasteiger partial charge is 0.297 e. The van der Waals surface area contributed by atoms with E-state index in [1.807, 2.05) is 30.5 Å². The number of anilines is 1. The van der Waals surface area contributed by atoms with E-state index in [1.54, 1.807) is 6.07 Å². The van der Waals surface area contributed by atoms with Crippen molar-refractivity contribution in [3.8, 4) is 0 Å². The van der Waals surface area contributed by atoms with Crippen LogP contribution in [0.4, 0.5) is 5.13 Å². The molecule has 1 N–H and O–H groups in total. The second-order valence-corrected chi connectivity index (χ2v) is 6.36. The van der Waals surface area contributed by atoms with Crippen LogP contribution in [0.25, 0.3) is 10.2 Å². The van der Waals surface area contributed by atoms with Crippen molar-refractivity contribution in [3.63, 3.8) is 0 Å². The lowest BCUT2D eigenvalue weighted by molar-refractivity contribution is 0.103. The fourth-order valence-electron chi connectivity index (χ4n) is 1.72. The number of carbonyl (C=O) groups excluding carboxylic acids is 1. The molecule has 0 saturated carbocycles. The van der Waals surface area contributed by atoms with Gasteiger partial charge in [-0.25, -0.2) is 4.98 Å². The maximum atomic E-state index is 11.9. The first-order chi connectivity index (χ1) is 9.15. The Labute approximate surface area is 122 Å². The lowest BCUT2D eigenvalue weighted by Crippen LogP contribution is -2.09. The second kappa shape index (κ2) is 4.92. The number of nitrogens with one attached hydrogen (secondary N) is 1. The van der Waals surface area contributed by atoms with Gasteiger partial charge in [0.1, 0.15) is 0 Å². The van der Waals surface area contributed by atoms with Gasteiger partial charge in [-0.2, -0.15) is 0 Å². The number of halogens is 1. The van der Waals surface area contributed by atoms with Crippen LogP contribution in [-0.2, 0) is 0 Å². The monoisotopic (exact) mass is 308 g/mol. The molecule has 3 nitrogen and oxygen atoms in total. The molecule has 6 heteroatoms. The third-order valence-corrected chi connectivity index (χ3v) is 4.93. The maximum Gasteiger partial charge on any atom is 0.267 e. The first-order valence-electron chi connectivity index (χ1n) is 5.55. The van der Waals surface area contributed by atoms with Crippen LogP contribution in [0.3, 0.4) is 0 Å². The number of aromatic nitrogens is 1. The topological polar surface area (TPSA) is 42.0 Å². The molecule has 1 aromatic carbocycles. The Hall–Kier alpha value is -1.43. The number of nitrogens with zero attached hydrogens (tertiary/aromatic N) is 1. The van der Waals surface area contributed by atoms with Crippen molar-refractivity contribution in [1.29, 1.82) is 0 Å². The first kappa shape index (κ1) is 12.6. The zero-order valence-electron chi connectivity index (χ0n) is 9.94. The third-order valence-electron chi connectivity index (χ3n) is 2.71. The molecule has 0 aliphatic rings. The summed E-state index contributed by atoms with van der Waals surface area (Å²) < 4.78 is 1.02. The molecule has 0 aliphatic heterocycles. The van der Waals surface area contributed by atoms with E-state index < -0.39 is 0 Å². The zero-order chi connectivity index (χ0) is 13.4. The number of hydrogen-bond acceptors (Lipinski definition) is 4. The minimum atomic E-state index is -0.127. The number of rotatable bonds is 2. The molecular formula is C13H9ClN2OS2. The van der Waals surface area contributed by atoms with Crippen molar-refractivity contribution in [3.05, 3.63) is 45.1 Å². The lowest BCUT2D eigenvalue weighted by atomic mass is 10.2. The van der Waals surface area contributed by atoms with Gasteiger partial charge in [-0.15, -0.1) is 11.3 Å². The first-order valence-corrected chi connectivity index (χ1v) is 7.63. The van der Waals surface area contributed by atoms with Crippen molar-refractivity contribution in [1.82, 2.24) is 4.98 Å². The predicted octanol–water partition coefficient (Wildman–Crippen LogP) is 4.57. The lowest BCUT2D eigenvalue weighted by Gasteiger charge is -1.97. The minimum Gasteiger partial charge on any atom is -0.297 e. The molecular weight excluding hydrogens is 300 g/mol. The summed E-state index contributed by atoms with van der Waals surface area (Å²) in [7, 11) is 0. The Morgan fingerprint density at radius 3 is 2.95 bits per heavy atom. The van der Waals surface area contributed by atoms with Gasteiger partial charge in [0.05, 0.1) is 15.1 Å². The Kier molecular flexibility index (Phi) is 3.26. The van der Waals surface area contributed by atoms with Crippen molar-refractivity contribution in [2.45, 2.75) is 6.92 Å². The van der Waals surface area contributed by atoms with Crippen LogP contribution < -0.4 is 5.32 Å². The van der Waals surface area contributed by atoms with E-state index in [0.717, 1.165) is 15.8 Å². The number of thiazole rings is 1. The quantitative estimate of drug-likeness (QED) is 0.753. The van der Waals surface area contributed by atoms with Gasteiger partial charge in [0.25, 0.3) is 5.91 Å². The van der Waals surface area contributed by atoms with E-state index in [2.05, 4.69) is 10.3 Å². The van der Waals surface area contributed by atoms with Crippen LogP contribution in [0.1, 0.15) is 15.2 Å². The van der Waals surface area contributed by atoms with E-state index in [0.29, 0.717) is 15.0 Å². The smallest absolute Gasteiger partial charge is 0.267 e. The maximum absolute atomic E-state index is 11.9. The van der Waals surface area contributed by atoms with Gasteiger partial charge in [0.2, 0.25) is 0 Å². The van der Waals surface area contributed by atoms with Crippen LogP contribution in [0, 0.1) is 6.92 Å². The molecule has 19 heavy (non-hydrogen) atoms. The van der Waals surface area contributed by atoms with Gasteiger partial charge in [-0.3, -0.25) is 10.1 Å². The van der Waals surface area contributed by atoms with E-state index in [-0.39, 0.29) is 5.91 Å². The van der Waals surface area contributed by atoms with Gasteiger partial charge in [0.15, 0.2) is 5.13 Å². The molecule has 2 heterocycles. The fraction of sp³-hybridized carbons (Fsp3) is 0.0769. The Balaban J connectivity index is 1.94. The number of hydrogen-bond donors (Lipinski definition) is 1. The molecule has 0 bridgehead atoms. The normalized spacial score (nSPS) is 10.8. The Bertz CT molecular complexity index is 749. The van der Waals surface area contributed by atoms with Gasteiger partial charge in [-0.1, -0.05) is 29.0 Å². The number of thiophene rings is 1. The van der Waals surface area contributed by atoms with E-state index in [9.17, 15) is 4.79 Å². The van der Waals surface area contributed by atoms with E-state index >= 15 is 0 Å². The SMILES string of the molecule is Cc1c(Cl)ccc2sc(NC(=O)c3cccs3)nc12. The van der Waals surface area contributed by atoms with Crippen molar-refractivity contribution < 1.29 is 4.79 Å². The summed E-state index contributed by atoms with van der Waals surface area (Å²) >= 11 is 8.92. The van der Waals surface area contributed by atoms with E-state index in [1.165, 1.54) is 22.7 Å². The summed E-state index contributed by atoms with van der Waals surface area (Å²) in [5.41, 5.74) is 1.78. The number of fused-ring (bicyclic) bond motifs is 1. The van der Waals surface area contributed by atoms with Crippen LogP contribution >= 0.6 is 34.3 Å². The molecule has 0 unspecified atom stereocenters. The summed E-state index contributed by atoms with van der Waals surface area (Å²) in [6, 6.07) is 7.41. The summed E-state index contributed by atoms with van der Waals surface area (Å²) in [5, 5.41) is 5.97. The molecule has 1 amide bonds. The molecule has 96 valence electrons. The van der Waals surface area contributed by atoms with E-state index in [4.69, 9.17) is 11.6 Å². The Morgan fingerprint density at radius 1 is 1.37 bits per heavy atom. The fourth-order valence-corrected chi connectivity index (χ4v) is 3.41.